The lowest BCUT2D eigenvalue weighted by atomic mass is 9.97. The average molecular weight is 619 g/mol. The van der Waals surface area contributed by atoms with Gasteiger partial charge in [0.25, 0.3) is 5.56 Å². The summed E-state index contributed by atoms with van der Waals surface area (Å²) in [7, 11) is -4.08. The van der Waals surface area contributed by atoms with Crippen LogP contribution in [0.15, 0.2) is 11.1 Å². The number of anilines is 1. The van der Waals surface area contributed by atoms with E-state index in [4.69, 9.17) is 24.3 Å². The van der Waals surface area contributed by atoms with Crippen molar-refractivity contribution in [3.05, 3.63) is 16.7 Å². The molecule has 0 aliphatic carbocycles. The summed E-state index contributed by atoms with van der Waals surface area (Å²) in [6.07, 6.45) is 0.507. The number of hydrogen-bond acceptors (Lipinski definition) is 13. The fraction of sp³-hybridized carbons (Fsp3) is 0.708. The Morgan fingerprint density at radius 1 is 1.37 bits per heavy atom. The Bertz CT molecular complexity index is 1330. The number of nitrogens with zero attached hydrogens (tertiary/aromatic N) is 3. The summed E-state index contributed by atoms with van der Waals surface area (Å²) >= 11 is 0.935. The highest BCUT2D eigenvalue weighted by atomic mass is 32.2. The lowest BCUT2D eigenvalue weighted by Crippen LogP contribution is -2.36. The second-order valence-corrected chi connectivity index (χ2v) is 13.6. The molecule has 1 saturated heterocycles. The number of carbonyl (C=O) groups is 2. The molecule has 1 aliphatic heterocycles. The molecule has 0 amide bonds. The number of carbonyl (C=O) groups excluding carboxylic acids is 2. The van der Waals surface area contributed by atoms with E-state index in [0.29, 0.717) is 6.42 Å². The summed E-state index contributed by atoms with van der Waals surface area (Å²) in [6.45, 7) is 9.43. The van der Waals surface area contributed by atoms with Crippen LogP contribution in [-0.4, -0.2) is 79.5 Å². The highest BCUT2D eigenvalue weighted by molar-refractivity contribution is 8.13. The van der Waals surface area contributed by atoms with E-state index >= 15 is 0 Å². The molecule has 230 valence electrons. The molecule has 2 aromatic rings. The number of nitrogens with two attached hydrogens (primary N) is 1. The fourth-order valence-electron chi connectivity index (χ4n) is 3.96. The smallest absolute Gasteiger partial charge is 0.406 e. The summed E-state index contributed by atoms with van der Waals surface area (Å²) < 4.78 is 37.9. The van der Waals surface area contributed by atoms with Crippen molar-refractivity contribution in [1.82, 2.24) is 24.6 Å². The van der Waals surface area contributed by atoms with Crippen LogP contribution in [0.3, 0.4) is 0 Å². The van der Waals surface area contributed by atoms with E-state index in [1.54, 1.807) is 32.3 Å². The van der Waals surface area contributed by atoms with E-state index < -0.39 is 43.1 Å². The van der Waals surface area contributed by atoms with Gasteiger partial charge >= 0.3 is 13.7 Å². The third-order valence-electron chi connectivity index (χ3n) is 6.19. The van der Waals surface area contributed by atoms with E-state index in [1.165, 1.54) is 13.3 Å². The molecule has 0 unspecified atom stereocenters. The summed E-state index contributed by atoms with van der Waals surface area (Å²) in [6, 6.07) is -1.02. The minimum atomic E-state index is -4.08. The molecule has 0 saturated carbocycles. The molecular formula is C24H39N6O9PS. The third-order valence-corrected chi connectivity index (χ3v) is 9.09. The van der Waals surface area contributed by atoms with Crippen molar-refractivity contribution in [2.75, 3.05) is 31.3 Å². The number of nitrogens with one attached hydrogen (secondary N) is 2. The molecule has 0 aromatic carbocycles. The van der Waals surface area contributed by atoms with Crippen LogP contribution in [-0.2, 0) is 32.7 Å². The molecule has 1 fully saturated rings. The quantitative estimate of drug-likeness (QED) is 0.136. The van der Waals surface area contributed by atoms with Crippen molar-refractivity contribution >= 4 is 47.7 Å². The third kappa shape index (κ3) is 8.60. The van der Waals surface area contributed by atoms with Gasteiger partial charge in [-0.3, -0.25) is 33.0 Å². The van der Waals surface area contributed by atoms with Crippen molar-refractivity contribution < 1.29 is 37.8 Å². The monoisotopic (exact) mass is 618 g/mol. The average Bonchev–Trinajstić information content (AvgIpc) is 3.47. The molecule has 17 heteroatoms. The first-order valence-electron chi connectivity index (χ1n) is 13.2. The van der Waals surface area contributed by atoms with Gasteiger partial charge in [-0.2, -0.15) is 4.98 Å². The molecule has 5 atom stereocenters. The van der Waals surface area contributed by atoms with Crippen molar-refractivity contribution in [2.45, 2.75) is 72.4 Å². The largest absolute Gasteiger partial charge is 0.462 e. The number of rotatable bonds is 14. The predicted molar refractivity (Wildman–Crippen MR) is 152 cm³/mol. The maximum atomic E-state index is 13.7. The van der Waals surface area contributed by atoms with Crippen molar-refractivity contribution in [2.24, 2.45) is 11.3 Å². The van der Waals surface area contributed by atoms with Crippen molar-refractivity contribution in [1.29, 1.82) is 0 Å². The first-order chi connectivity index (χ1) is 19.2. The van der Waals surface area contributed by atoms with Crippen LogP contribution in [0.25, 0.3) is 11.2 Å². The van der Waals surface area contributed by atoms with Gasteiger partial charge < -0.3 is 20.3 Å². The van der Waals surface area contributed by atoms with Crippen LogP contribution in [0.4, 0.5) is 5.95 Å². The number of fused-ring (bicyclic) bond motifs is 1. The molecule has 15 nitrogen and oxygen atoms in total. The molecule has 41 heavy (non-hydrogen) atoms. The van der Waals surface area contributed by atoms with Gasteiger partial charge in [0, 0.05) is 11.7 Å². The Kier molecular flexibility index (Phi) is 11.1. The molecule has 0 bridgehead atoms. The van der Waals surface area contributed by atoms with Gasteiger partial charge in [0.1, 0.15) is 12.3 Å². The maximum Gasteiger partial charge on any atom is 0.406 e. The topological polar surface area (TPSA) is 210 Å². The lowest BCUT2D eigenvalue weighted by molar-refractivity contribution is -0.149. The molecule has 1 aliphatic rings. The Morgan fingerprint density at radius 3 is 2.73 bits per heavy atom. The van der Waals surface area contributed by atoms with Crippen LogP contribution in [0.1, 0.15) is 54.2 Å². The van der Waals surface area contributed by atoms with Crippen molar-refractivity contribution in [3.8, 4) is 0 Å². The number of aliphatic hydroxyl groups excluding tert-OH is 1. The van der Waals surface area contributed by atoms with Gasteiger partial charge in [-0.25, -0.2) is 14.6 Å². The maximum absolute atomic E-state index is 13.7. The fourth-order valence-corrected chi connectivity index (χ4v) is 6.39. The van der Waals surface area contributed by atoms with E-state index in [-0.39, 0.29) is 59.8 Å². The second kappa shape index (κ2) is 13.8. The lowest BCUT2D eigenvalue weighted by Gasteiger charge is -2.24. The number of hydrogen-bond donors (Lipinski definition) is 4. The minimum Gasteiger partial charge on any atom is -0.462 e. The van der Waals surface area contributed by atoms with Crippen LogP contribution in [0.2, 0.25) is 0 Å². The molecule has 2 aromatic heterocycles. The Hall–Kier alpha value is -2.33. The van der Waals surface area contributed by atoms with Gasteiger partial charge in [0.05, 0.1) is 43.8 Å². The first-order valence-corrected chi connectivity index (χ1v) is 15.7. The van der Waals surface area contributed by atoms with E-state index in [1.807, 2.05) is 6.92 Å². The molecule has 5 N–H and O–H groups in total. The highest BCUT2D eigenvalue weighted by Gasteiger charge is 2.38. The van der Waals surface area contributed by atoms with Crippen molar-refractivity contribution in [3.63, 3.8) is 0 Å². The number of esters is 1. The van der Waals surface area contributed by atoms with E-state index in [9.17, 15) is 24.1 Å². The molecule has 0 spiro atoms. The number of thioether (sulfide) groups is 1. The van der Waals surface area contributed by atoms with Crippen LogP contribution in [0, 0.1) is 11.3 Å². The molecular weight excluding hydrogens is 579 g/mol. The zero-order valence-electron chi connectivity index (χ0n) is 24.0. The number of aliphatic hydroxyl groups is 1. The Morgan fingerprint density at radius 2 is 2.07 bits per heavy atom. The molecule has 3 rings (SSSR count). The van der Waals surface area contributed by atoms with Crippen LogP contribution in [0.5, 0.6) is 0 Å². The van der Waals surface area contributed by atoms with E-state index in [0.717, 1.165) is 11.8 Å². The summed E-state index contributed by atoms with van der Waals surface area (Å²) in [5.41, 5.74) is 4.71. The normalized spacial score (nSPS) is 21.7. The second-order valence-electron chi connectivity index (χ2n) is 10.8. The Labute approximate surface area is 241 Å². The number of imidazole rings is 1. The Balaban J connectivity index is 1.67. The molecule has 3 heterocycles. The number of aromatic nitrogens is 4. The highest BCUT2D eigenvalue weighted by Crippen LogP contribution is 2.46. The van der Waals surface area contributed by atoms with E-state index in [2.05, 4.69) is 20.0 Å². The standard InChI is InChI=1S/C24H39N6O9PS/c1-13(2)38-21(33)15(4)29-40(35,36-7-8-41-22(34)24(5,6)11-31)37-10-16-9-14(3)20(39-16)30-12-26-17-18(30)27-23(25)28-19(17)32/h12-16,20,31H,7-11H2,1-6H3,(H,29,35)(H3,25,27,28,32)/t14-,15+,16-,20+,40-/m0/s1. The number of H-pyrrole nitrogens is 1. The minimum absolute atomic E-state index is 0.0520. The van der Waals surface area contributed by atoms with Gasteiger partial charge in [-0.05, 0) is 41.0 Å². The zero-order valence-corrected chi connectivity index (χ0v) is 25.7. The summed E-state index contributed by atoms with van der Waals surface area (Å²) in [4.78, 5) is 47.5. The number of aromatic amines is 1. The summed E-state index contributed by atoms with van der Waals surface area (Å²) in [5, 5.41) is 11.8. The van der Waals surface area contributed by atoms with Gasteiger partial charge in [-0.1, -0.05) is 18.7 Å². The van der Waals surface area contributed by atoms with Gasteiger partial charge in [-0.15, -0.1) is 0 Å². The first kappa shape index (κ1) is 33.2. The number of ether oxygens (including phenoxy) is 2. The van der Waals surface area contributed by atoms with Crippen LogP contribution < -0.4 is 16.4 Å². The number of nitrogen functional groups attached to an aromatic ring is 1. The van der Waals surface area contributed by atoms with Gasteiger partial charge in [0.2, 0.25) is 5.95 Å². The molecule has 0 radical (unpaired) electrons. The zero-order chi connectivity index (χ0) is 30.5. The van der Waals surface area contributed by atoms with Gasteiger partial charge in [0.15, 0.2) is 16.3 Å². The predicted octanol–water partition coefficient (Wildman–Crippen LogP) is 1.97. The van der Waals surface area contributed by atoms with Crippen LogP contribution >= 0.6 is 19.5 Å². The SMILES string of the molecule is CC(C)OC(=O)[C@@H](C)N[P@](=O)(OCCSC(=O)C(C)(C)CO)OC[C@@H]1C[C@H](C)[C@H](n2cnc3c(=O)[nH]c(N)nc32)O1. The summed E-state index contributed by atoms with van der Waals surface area (Å²) in [5.74, 6) is -0.608.